The molecule has 0 aliphatic heterocycles. The van der Waals surface area contributed by atoms with Gasteiger partial charge >= 0.3 is 0 Å². The van der Waals surface area contributed by atoms with Crippen molar-refractivity contribution in [2.75, 3.05) is 6.61 Å². The van der Waals surface area contributed by atoms with Crippen LogP contribution in [-0.4, -0.2) is 47.2 Å². The van der Waals surface area contributed by atoms with Crippen molar-refractivity contribution in [1.29, 1.82) is 1.43 Å². The summed E-state index contributed by atoms with van der Waals surface area (Å²) in [5, 5.41) is 24.9. The number of ether oxygens (including phenoxy) is 1. The predicted octanol–water partition coefficient (Wildman–Crippen LogP) is 4.69. The van der Waals surface area contributed by atoms with Gasteiger partial charge in [-0.1, -0.05) is 31.2 Å². The molecule has 0 radical (unpaired) electrons. The molecule has 0 aromatic rings. The van der Waals surface area contributed by atoms with Crippen LogP contribution in [0.5, 0.6) is 0 Å². The Bertz CT molecular complexity index is 789. The number of aliphatic hydroxyl groups excluding tert-OH is 1. The van der Waals surface area contributed by atoms with Crippen molar-refractivity contribution in [1.82, 2.24) is 0 Å². The zero-order valence-corrected chi connectivity index (χ0v) is 19.1. The highest BCUT2D eigenvalue weighted by Gasteiger charge is 2.51. The second-order valence-corrected chi connectivity index (χ2v) is 10.4. The predicted molar refractivity (Wildman–Crippen MR) is 121 cm³/mol. The molecular formula is C26H42O4. The molecule has 4 nitrogen and oxygen atoms in total. The molecule has 7 atom stereocenters. The maximum absolute atomic E-state index is 10.4. The van der Waals surface area contributed by atoms with E-state index >= 15 is 0 Å². The first-order chi connectivity index (χ1) is 15.3. The molecule has 3 saturated carbocycles. The molecule has 170 valence electrons. The minimum absolute atomic E-state index is 0.0704. The first-order valence-corrected chi connectivity index (χ1v) is 11.5. The minimum Gasteiger partial charge on any atom is -0.393 e. The van der Waals surface area contributed by atoms with Gasteiger partial charge in [-0.05, 0) is 94.1 Å². The van der Waals surface area contributed by atoms with E-state index in [0.717, 1.165) is 25.7 Å². The van der Waals surface area contributed by atoms with Gasteiger partial charge in [-0.25, -0.2) is 0 Å². The zero-order chi connectivity index (χ0) is 24.6. The van der Waals surface area contributed by atoms with Gasteiger partial charge in [0.25, 0.3) is 0 Å². The fraction of sp³-hybridized carbons (Fsp3) is 0.769. The second-order valence-electron chi connectivity index (χ2n) is 10.4. The van der Waals surface area contributed by atoms with E-state index in [0.29, 0.717) is 36.0 Å². The summed E-state index contributed by atoms with van der Waals surface area (Å²) >= 11 is 0. The summed E-state index contributed by atoms with van der Waals surface area (Å²) in [5.41, 5.74) is 1.97. The van der Waals surface area contributed by atoms with Crippen LogP contribution in [0.3, 0.4) is 0 Å². The summed E-state index contributed by atoms with van der Waals surface area (Å²) in [7, 11) is 0. The Morgan fingerprint density at radius 2 is 2.20 bits per heavy atom. The van der Waals surface area contributed by atoms with Crippen LogP contribution in [0, 0.1) is 17.3 Å². The lowest BCUT2D eigenvalue weighted by atomic mass is 9.62. The number of fused-ring (bicyclic) bond motifs is 1. The molecule has 2 unspecified atom stereocenters. The molecule has 0 amide bonds. The van der Waals surface area contributed by atoms with Gasteiger partial charge in [0.15, 0.2) is 0 Å². The summed E-state index contributed by atoms with van der Waals surface area (Å²) in [6.07, 6.45) is 6.19. The van der Waals surface area contributed by atoms with Crippen molar-refractivity contribution in [3.63, 3.8) is 0 Å². The Morgan fingerprint density at radius 3 is 2.90 bits per heavy atom. The van der Waals surface area contributed by atoms with E-state index in [1.165, 1.54) is 12.0 Å². The number of hydrogen-bond acceptors (Lipinski definition) is 4. The molecule has 0 bridgehead atoms. The average molecular weight is 422 g/mol. The molecular weight excluding hydrogens is 376 g/mol. The lowest BCUT2D eigenvalue weighted by Gasteiger charge is -2.44. The van der Waals surface area contributed by atoms with Crippen LogP contribution in [0.25, 0.3) is 0 Å². The van der Waals surface area contributed by atoms with E-state index in [4.69, 9.17) is 8.91 Å². The zero-order valence-electron chi connectivity index (χ0n) is 22.1. The van der Waals surface area contributed by atoms with Gasteiger partial charge in [0.05, 0.1) is 25.3 Å². The highest BCUT2D eigenvalue weighted by molar-refractivity contribution is 5.38. The van der Waals surface area contributed by atoms with Crippen LogP contribution < -0.4 is 0 Å². The molecule has 30 heavy (non-hydrogen) atoms. The number of aliphatic hydroxyl groups is 3. The van der Waals surface area contributed by atoms with Gasteiger partial charge in [0.2, 0.25) is 1.43 Å². The molecule has 3 rings (SSSR count). The van der Waals surface area contributed by atoms with Crippen LogP contribution in [-0.2, 0) is 4.74 Å². The van der Waals surface area contributed by atoms with Crippen molar-refractivity contribution in [3.8, 4) is 0 Å². The molecule has 3 aliphatic carbocycles. The smallest absolute Gasteiger partial charge is 0.210 e. The second kappa shape index (κ2) is 9.28. The standard InChI is InChI=1S/C26H42O4/c1-17-20(15-21(27)16-24(17)28)9-8-19-7-6-12-26(5)22(10-11-23(19)26)18(2)30-14-13-25(3,4)29/h8-9,18,21-24,27-29H,1,6-7,10-16H2,2-5H3/t18-,21+,22+,23?,24-,26+/m0/s1/i16D,21D,27D/t16?,18-,21+,22+,23?,24-,26+. The highest BCUT2D eigenvalue weighted by Crippen LogP contribution is 2.58. The van der Waals surface area contributed by atoms with Crippen LogP contribution in [0.15, 0.2) is 35.5 Å². The molecule has 3 N–H and O–H groups in total. The summed E-state index contributed by atoms with van der Waals surface area (Å²) in [6, 6.07) is 0. The van der Waals surface area contributed by atoms with E-state index in [1.54, 1.807) is 0 Å². The summed E-state index contributed by atoms with van der Waals surface area (Å²) < 4.78 is 29.7. The monoisotopic (exact) mass is 421 g/mol. The van der Waals surface area contributed by atoms with Crippen molar-refractivity contribution in [2.45, 2.75) is 103 Å². The highest BCUT2D eigenvalue weighted by atomic mass is 16.5. The van der Waals surface area contributed by atoms with E-state index < -0.39 is 24.2 Å². The molecule has 0 spiro atoms. The Kier molecular flexibility index (Phi) is 6.10. The normalized spacial score (nSPS) is 45.1. The lowest BCUT2D eigenvalue weighted by Crippen LogP contribution is -2.39. The first-order valence-electron chi connectivity index (χ1n) is 13.0. The molecule has 0 aromatic heterocycles. The number of allylic oxidation sites excluding steroid dienone is 3. The Balaban J connectivity index is 1.75. The molecule has 3 fully saturated rings. The van der Waals surface area contributed by atoms with Gasteiger partial charge in [-0.3, -0.25) is 0 Å². The molecule has 4 heteroatoms. The maximum Gasteiger partial charge on any atom is 0.210 e. The lowest BCUT2D eigenvalue weighted by molar-refractivity contribution is -0.0454. The molecule has 3 aliphatic rings. The first kappa shape index (κ1) is 19.7. The third-order valence-electron chi connectivity index (χ3n) is 7.68. The molecule has 0 saturated heterocycles. The van der Waals surface area contributed by atoms with Crippen molar-refractivity contribution in [3.05, 3.63) is 35.5 Å². The van der Waals surface area contributed by atoms with Crippen molar-refractivity contribution < 1.29 is 22.8 Å². The van der Waals surface area contributed by atoms with Gasteiger partial charge in [-0.2, -0.15) is 0 Å². The third-order valence-corrected chi connectivity index (χ3v) is 7.68. The van der Waals surface area contributed by atoms with Gasteiger partial charge in [-0.15, -0.1) is 0 Å². The van der Waals surface area contributed by atoms with Gasteiger partial charge in [0.1, 0.15) is 0 Å². The Labute approximate surface area is 187 Å². The number of rotatable bonds is 7. The topological polar surface area (TPSA) is 69.9 Å². The third kappa shape index (κ3) is 5.27. The SMILES string of the molecule is [2H]O[C@]1([2H])CC(=CC=C2CCC[C@@]3(C)C2CC[C@@H]3[C@H](C)OCCC(C)(C)O)C(=C)[C@@H](O)C1[2H]. The van der Waals surface area contributed by atoms with Gasteiger partial charge < -0.3 is 20.1 Å². The average Bonchev–Trinajstić information content (AvgIpc) is 3.10. The van der Waals surface area contributed by atoms with Crippen molar-refractivity contribution in [2.24, 2.45) is 17.3 Å². The summed E-state index contributed by atoms with van der Waals surface area (Å²) in [4.78, 5) is 0. The van der Waals surface area contributed by atoms with Crippen LogP contribution >= 0.6 is 0 Å². The van der Waals surface area contributed by atoms with E-state index in [9.17, 15) is 10.2 Å². The largest absolute Gasteiger partial charge is 0.393 e. The Hall–Kier alpha value is -0.940. The van der Waals surface area contributed by atoms with E-state index in [1.807, 2.05) is 19.9 Å². The van der Waals surface area contributed by atoms with E-state index in [2.05, 4.69) is 31.6 Å². The Morgan fingerprint density at radius 1 is 1.43 bits per heavy atom. The fourth-order valence-electron chi connectivity index (χ4n) is 5.86. The fourth-order valence-corrected chi connectivity index (χ4v) is 5.86. The van der Waals surface area contributed by atoms with Crippen LogP contribution in [0.4, 0.5) is 0 Å². The minimum atomic E-state index is -1.79. The summed E-state index contributed by atoms with van der Waals surface area (Å²) in [6.45, 7) is 12.7. The summed E-state index contributed by atoms with van der Waals surface area (Å²) in [5.74, 6) is 0.932. The van der Waals surface area contributed by atoms with Gasteiger partial charge in [0, 0.05) is 14.4 Å². The molecule has 0 heterocycles. The van der Waals surface area contributed by atoms with Crippen LogP contribution in [0.2, 0.25) is 0 Å². The van der Waals surface area contributed by atoms with Crippen LogP contribution in [0.1, 0.15) is 81.8 Å². The molecule has 0 aromatic carbocycles. The maximum atomic E-state index is 10.4. The number of hydrogen-bond donors (Lipinski definition) is 3. The van der Waals surface area contributed by atoms with Crippen molar-refractivity contribution >= 4 is 0 Å². The van der Waals surface area contributed by atoms with E-state index in [-0.39, 0.29) is 17.9 Å². The quantitative estimate of drug-likeness (QED) is 0.558.